The molecule has 0 saturated heterocycles. The average Bonchev–Trinajstić information content (AvgIpc) is 2.98. The first-order chi connectivity index (χ1) is 11.1. The number of aliphatic carboxylic acids is 1. The molecule has 1 aromatic carbocycles. The smallest absolute Gasteiger partial charge is 0.323 e. The summed E-state index contributed by atoms with van der Waals surface area (Å²) < 4.78 is 0. The van der Waals surface area contributed by atoms with Crippen LogP contribution in [0, 0.1) is 29.6 Å². The number of amides is 1. The van der Waals surface area contributed by atoms with Gasteiger partial charge in [-0.05, 0) is 54.9 Å². The Morgan fingerprint density at radius 3 is 2.35 bits per heavy atom. The fourth-order valence-corrected chi connectivity index (χ4v) is 5.21. The Balaban J connectivity index is 1.42. The first-order valence-corrected chi connectivity index (χ1v) is 8.69. The van der Waals surface area contributed by atoms with Gasteiger partial charge in [-0.3, -0.25) is 9.59 Å². The van der Waals surface area contributed by atoms with Gasteiger partial charge in [0.05, 0.1) is 0 Å². The van der Waals surface area contributed by atoms with E-state index in [9.17, 15) is 9.59 Å². The standard InChI is InChI=1S/C19H23NO3/c21-15(22)11-20(9-8-12-4-2-1-3-5-12)19(23)18-16-13-6-7-14(10-13)17(16)18/h1-5,13-14,16-18H,6-11H2,(H,21,22). The monoisotopic (exact) mass is 313 g/mol. The van der Waals surface area contributed by atoms with Gasteiger partial charge in [-0.2, -0.15) is 0 Å². The van der Waals surface area contributed by atoms with Crippen LogP contribution in [0.1, 0.15) is 24.8 Å². The summed E-state index contributed by atoms with van der Waals surface area (Å²) in [6, 6.07) is 9.96. The maximum Gasteiger partial charge on any atom is 0.323 e. The largest absolute Gasteiger partial charge is 0.480 e. The highest BCUT2D eigenvalue weighted by molar-refractivity contribution is 5.86. The lowest BCUT2D eigenvalue weighted by atomic mass is 10.0. The maximum absolute atomic E-state index is 12.9. The van der Waals surface area contributed by atoms with Gasteiger partial charge >= 0.3 is 5.97 Å². The molecule has 0 spiro atoms. The molecule has 3 saturated carbocycles. The van der Waals surface area contributed by atoms with Crippen LogP contribution in [0.5, 0.6) is 0 Å². The van der Waals surface area contributed by atoms with Crippen molar-refractivity contribution in [3.8, 4) is 0 Å². The number of carboxylic acid groups (broad SMARTS) is 1. The van der Waals surface area contributed by atoms with Gasteiger partial charge in [0.15, 0.2) is 0 Å². The van der Waals surface area contributed by atoms with Crippen molar-refractivity contribution in [1.82, 2.24) is 4.90 Å². The molecule has 4 rings (SSSR count). The third-order valence-electron chi connectivity index (χ3n) is 6.17. The Morgan fingerprint density at radius 2 is 1.74 bits per heavy atom. The second-order valence-corrected chi connectivity index (χ2v) is 7.40. The normalized spacial score (nSPS) is 33.3. The van der Waals surface area contributed by atoms with Crippen LogP contribution in [0.25, 0.3) is 0 Å². The summed E-state index contributed by atoms with van der Waals surface area (Å²) in [4.78, 5) is 25.6. The quantitative estimate of drug-likeness (QED) is 0.877. The number of nitrogens with zero attached hydrogens (tertiary/aromatic N) is 1. The number of rotatable bonds is 6. The number of fused-ring (bicyclic) bond motifs is 5. The number of benzene rings is 1. The van der Waals surface area contributed by atoms with E-state index in [2.05, 4.69) is 0 Å². The zero-order valence-corrected chi connectivity index (χ0v) is 13.2. The number of carbonyl (C=O) groups excluding carboxylic acids is 1. The highest BCUT2D eigenvalue weighted by Crippen LogP contribution is 2.69. The lowest BCUT2D eigenvalue weighted by Crippen LogP contribution is -2.39. The Bertz CT molecular complexity index is 598. The van der Waals surface area contributed by atoms with E-state index in [-0.39, 0.29) is 18.4 Å². The first-order valence-electron chi connectivity index (χ1n) is 8.69. The van der Waals surface area contributed by atoms with E-state index in [0.29, 0.717) is 18.4 Å². The van der Waals surface area contributed by atoms with Crippen LogP contribution in [0.4, 0.5) is 0 Å². The molecule has 4 nitrogen and oxygen atoms in total. The molecule has 4 heteroatoms. The summed E-state index contributed by atoms with van der Waals surface area (Å²) in [5.41, 5.74) is 1.15. The highest BCUT2D eigenvalue weighted by Gasteiger charge is 2.67. The van der Waals surface area contributed by atoms with Gasteiger partial charge in [0.1, 0.15) is 6.54 Å². The summed E-state index contributed by atoms with van der Waals surface area (Å²) >= 11 is 0. The zero-order valence-electron chi connectivity index (χ0n) is 13.2. The molecule has 0 aromatic heterocycles. The molecular formula is C19H23NO3. The van der Waals surface area contributed by atoms with Gasteiger partial charge in [0.25, 0.3) is 0 Å². The molecule has 0 aliphatic heterocycles. The summed E-state index contributed by atoms with van der Waals surface area (Å²) in [5, 5.41) is 9.16. The van der Waals surface area contributed by atoms with Crippen LogP contribution in [-0.2, 0) is 16.0 Å². The van der Waals surface area contributed by atoms with Crippen molar-refractivity contribution >= 4 is 11.9 Å². The van der Waals surface area contributed by atoms with Gasteiger partial charge in [-0.15, -0.1) is 0 Å². The minimum absolute atomic E-state index is 0.0925. The van der Waals surface area contributed by atoms with Crippen LogP contribution >= 0.6 is 0 Å². The third kappa shape index (κ3) is 2.64. The molecule has 1 N–H and O–H groups in total. The molecule has 0 heterocycles. The van der Waals surface area contributed by atoms with E-state index >= 15 is 0 Å². The highest BCUT2D eigenvalue weighted by atomic mass is 16.4. The number of hydrogen-bond acceptors (Lipinski definition) is 2. The molecule has 1 amide bonds. The SMILES string of the molecule is O=C(O)CN(CCc1ccccc1)C(=O)C1C2C3CCC(C3)C12. The van der Waals surface area contributed by atoms with Crippen LogP contribution in [-0.4, -0.2) is 35.0 Å². The summed E-state index contributed by atoms with van der Waals surface area (Å²) in [6.45, 7) is 0.331. The average molecular weight is 313 g/mol. The minimum Gasteiger partial charge on any atom is -0.480 e. The molecule has 0 radical (unpaired) electrons. The number of carbonyl (C=O) groups is 2. The van der Waals surface area contributed by atoms with Crippen molar-refractivity contribution in [3.05, 3.63) is 35.9 Å². The summed E-state index contributed by atoms with van der Waals surface area (Å²) in [6.07, 6.45) is 4.58. The molecule has 3 aliphatic carbocycles. The molecule has 23 heavy (non-hydrogen) atoms. The van der Waals surface area contributed by atoms with Crippen molar-refractivity contribution in [2.24, 2.45) is 29.6 Å². The third-order valence-corrected chi connectivity index (χ3v) is 6.17. The van der Waals surface area contributed by atoms with E-state index < -0.39 is 5.97 Å². The van der Waals surface area contributed by atoms with E-state index in [4.69, 9.17) is 5.11 Å². The number of carboxylic acids is 1. The molecule has 4 atom stereocenters. The van der Waals surface area contributed by atoms with Crippen molar-refractivity contribution < 1.29 is 14.7 Å². The Hall–Kier alpha value is -1.84. The van der Waals surface area contributed by atoms with Crippen LogP contribution < -0.4 is 0 Å². The molecule has 3 fully saturated rings. The van der Waals surface area contributed by atoms with Crippen LogP contribution in [0.2, 0.25) is 0 Å². The van der Waals surface area contributed by atoms with Crippen LogP contribution in [0.15, 0.2) is 30.3 Å². The Labute approximate surface area is 136 Å². The molecule has 2 bridgehead atoms. The maximum atomic E-state index is 12.9. The lowest BCUT2D eigenvalue weighted by Gasteiger charge is -2.22. The second kappa shape index (κ2) is 5.66. The van der Waals surface area contributed by atoms with E-state index in [1.54, 1.807) is 4.90 Å². The topological polar surface area (TPSA) is 57.6 Å². The first kappa shape index (κ1) is 14.7. The summed E-state index contributed by atoms with van der Waals surface area (Å²) in [5.74, 6) is 1.90. The predicted octanol–water partition coefficient (Wildman–Crippen LogP) is 2.43. The van der Waals surface area contributed by atoms with Gasteiger partial charge in [0.2, 0.25) is 5.91 Å². The van der Waals surface area contributed by atoms with Gasteiger partial charge in [-0.1, -0.05) is 30.3 Å². The van der Waals surface area contributed by atoms with E-state index in [0.717, 1.165) is 23.8 Å². The zero-order chi connectivity index (χ0) is 16.0. The molecule has 1 aromatic rings. The van der Waals surface area contributed by atoms with Gasteiger partial charge in [0, 0.05) is 12.5 Å². The summed E-state index contributed by atoms with van der Waals surface area (Å²) in [7, 11) is 0. The Kier molecular flexibility index (Phi) is 3.63. The van der Waals surface area contributed by atoms with Crippen molar-refractivity contribution in [3.63, 3.8) is 0 Å². The van der Waals surface area contributed by atoms with Crippen LogP contribution in [0.3, 0.4) is 0 Å². The fourth-order valence-electron chi connectivity index (χ4n) is 5.21. The molecule has 122 valence electrons. The fraction of sp³-hybridized carbons (Fsp3) is 0.579. The minimum atomic E-state index is -0.916. The van der Waals surface area contributed by atoms with Gasteiger partial charge < -0.3 is 10.0 Å². The lowest BCUT2D eigenvalue weighted by molar-refractivity contribution is -0.145. The predicted molar refractivity (Wildman–Crippen MR) is 85.7 cm³/mol. The van der Waals surface area contributed by atoms with E-state index in [1.165, 1.54) is 19.3 Å². The molecule has 4 unspecified atom stereocenters. The molecule has 3 aliphatic rings. The van der Waals surface area contributed by atoms with Crippen molar-refractivity contribution in [1.29, 1.82) is 0 Å². The number of hydrogen-bond donors (Lipinski definition) is 1. The second-order valence-electron chi connectivity index (χ2n) is 7.40. The van der Waals surface area contributed by atoms with E-state index in [1.807, 2.05) is 30.3 Å². The molecular weight excluding hydrogens is 290 g/mol. The van der Waals surface area contributed by atoms with Crippen molar-refractivity contribution in [2.75, 3.05) is 13.1 Å². The Morgan fingerprint density at radius 1 is 1.09 bits per heavy atom. The van der Waals surface area contributed by atoms with Gasteiger partial charge in [-0.25, -0.2) is 0 Å². The van der Waals surface area contributed by atoms with Crippen molar-refractivity contribution in [2.45, 2.75) is 25.7 Å².